The molecule has 0 amide bonds. The standard InChI is InChI=1S/C9H7F3.2C2H6/c1-2-7-3-5-8(6-4-7)9(10,11)12;2*1-2/h2-6H,1H2;2*1-2H3. The largest absolute Gasteiger partial charge is 0.416 e. The van der Waals surface area contributed by atoms with Gasteiger partial charge in [0.2, 0.25) is 0 Å². The van der Waals surface area contributed by atoms with Crippen molar-refractivity contribution in [2.75, 3.05) is 0 Å². The van der Waals surface area contributed by atoms with Crippen LogP contribution in [-0.2, 0) is 6.18 Å². The zero-order chi connectivity index (χ0) is 13.2. The molecule has 0 bridgehead atoms. The van der Waals surface area contributed by atoms with E-state index in [2.05, 4.69) is 6.58 Å². The maximum absolute atomic E-state index is 12.0. The van der Waals surface area contributed by atoms with Crippen LogP contribution in [-0.4, -0.2) is 0 Å². The van der Waals surface area contributed by atoms with E-state index in [-0.39, 0.29) is 0 Å². The maximum Gasteiger partial charge on any atom is 0.416 e. The van der Waals surface area contributed by atoms with Crippen molar-refractivity contribution >= 4 is 6.08 Å². The molecule has 0 nitrogen and oxygen atoms in total. The summed E-state index contributed by atoms with van der Waals surface area (Å²) in [6.45, 7) is 11.4. The lowest BCUT2D eigenvalue weighted by molar-refractivity contribution is -0.137. The van der Waals surface area contributed by atoms with Gasteiger partial charge in [-0.05, 0) is 17.7 Å². The summed E-state index contributed by atoms with van der Waals surface area (Å²) in [5, 5.41) is 0. The Morgan fingerprint density at radius 3 is 1.56 bits per heavy atom. The van der Waals surface area contributed by atoms with Crippen LogP contribution in [0.15, 0.2) is 30.8 Å². The third kappa shape index (κ3) is 6.27. The summed E-state index contributed by atoms with van der Waals surface area (Å²) in [6, 6.07) is 4.85. The summed E-state index contributed by atoms with van der Waals surface area (Å²) >= 11 is 0. The van der Waals surface area contributed by atoms with Crippen LogP contribution in [0, 0.1) is 0 Å². The predicted molar refractivity (Wildman–Crippen MR) is 64.2 cm³/mol. The van der Waals surface area contributed by atoms with Gasteiger partial charge >= 0.3 is 6.18 Å². The second kappa shape index (κ2) is 9.01. The molecule has 92 valence electrons. The smallest absolute Gasteiger partial charge is 0.166 e. The summed E-state index contributed by atoms with van der Waals surface area (Å²) < 4.78 is 36.0. The van der Waals surface area contributed by atoms with Crippen molar-refractivity contribution < 1.29 is 13.2 Å². The van der Waals surface area contributed by atoms with Gasteiger partial charge in [-0.25, -0.2) is 0 Å². The molecule has 0 aliphatic heterocycles. The SMILES string of the molecule is C=Cc1ccc(C(F)(F)F)cc1.CC.CC. The molecule has 0 saturated heterocycles. The van der Waals surface area contributed by atoms with Crippen molar-refractivity contribution in [3.63, 3.8) is 0 Å². The minimum Gasteiger partial charge on any atom is -0.166 e. The van der Waals surface area contributed by atoms with E-state index in [1.54, 1.807) is 0 Å². The van der Waals surface area contributed by atoms with Gasteiger partial charge in [-0.1, -0.05) is 52.5 Å². The second-order valence-corrected chi connectivity index (χ2v) is 2.32. The second-order valence-electron chi connectivity index (χ2n) is 2.32. The van der Waals surface area contributed by atoms with Crippen LogP contribution in [0.2, 0.25) is 0 Å². The molecule has 0 saturated carbocycles. The van der Waals surface area contributed by atoms with Crippen LogP contribution < -0.4 is 0 Å². The lowest BCUT2D eigenvalue weighted by Crippen LogP contribution is -2.03. The highest BCUT2D eigenvalue weighted by molar-refractivity contribution is 5.47. The first kappa shape index (κ1) is 17.2. The van der Waals surface area contributed by atoms with Gasteiger partial charge in [0, 0.05) is 0 Å². The minimum absolute atomic E-state index is 0.631. The van der Waals surface area contributed by atoms with Crippen LogP contribution in [0.3, 0.4) is 0 Å². The molecule has 0 aliphatic carbocycles. The molecular weight excluding hydrogens is 213 g/mol. The van der Waals surface area contributed by atoms with Crippen molar-refractivity contribution in [3.05, 3.63) is 42.0 Å². The Balaban J connectivity index is 0. The highest BCUT2D eigenvalue weighted by Crippen LogP contribution is 2.29. The van der Waals surface area contributed by atoms with Crippen LogP contribution in [0.5, 0.6) is 0 Å². The van der Waals surface area contributed by atoms with Crippen LogP contribution >= 0.6 is 0 Å². The van der Waals surface area contributed by atoms with E-state index in [1.807, 2.05) is 27.7 Å². The Labute approximate surface area is 95.8 Å². The van der Waals surface area contributed by atoms with Gasteiger partial charge in [0.15, 0.2) is 0 Å². The fraction of sp³-hybridized carbons (Fsp3) is 0.385. The summed E-state index contributed by atoms with van der Waals surface area (Å²) in [7, 11) is 0. The zero-order valence-corrected chi connectivity index (χ0v) is 10.2. The van der Waals surface area contributed by atoms with E-state index in [0.29, 0.717) is 5.56 Å². The first-order valence-corrected chi connectivity index (χ1v) is 5.34. The fourth-order valence-corrected chi connectivity index (χ4v) is 0.808. The number of alkyl halides is 3. The molecule has 0 radical (unpaired) electrons. The third-order valence-electron chi connectivity index (χ3n) is 1.47. The molecule has 0 heterocycles. The maximum atomic E-state index is 12.0. The number of halogens is 3. The van der Waals surface area contributed by atoms with Crippen molar-refractivity contribution in [2.45, 2.75) is 33.9 Å². The van der Waals surface area contributed by atoms with Gasteiger partial charge in [0.1, 0.15) is 0 Å². The molecule has 1 aromatic rings. The molecule has 0 aromatic heterocycles. The summed E-state index contributed by atoms with van der Waals surface area (Å²) in [6.07, 6.45) is -2.75. The number of hydrogen-bond donors (Lipinski definition) is 0. The topological polar surface area (TPSA) is 0 Å². The van der Waals surface area contributed by atoms with Crippen molar-refractivity contribution in [1.82, 2.24) is 0 Å². The molecule has 0 atom stereocenters. The van der Waals surface area contributed by atoms with E-state index in [1.165, 1.54) is 18.2 Å². The predicted octanol–water partition coefficient (Wildman–Crippen LogP) is 5.40. The van der Waals surface area contributed by atoms with E-state index >= 15 is 0 Å². The molecule has 0 unspecified atom stereocenters. The van der Waals surface area contributed by atoms with Gasteiger partial charge in [0.05, 0.1) is 5.56 Å². The zero-order valence-electron chi connectivity index (χ0n) is 10.2. The van der Waals surface area contributed by atoms with Crippen LogP contribution in [0.4, 0.5) is 13.2 Å². The molecule has 16 heavy (non-hydrogen) atoms. The molecule has 3 heteroatoms. The average Bonchev–Trinajstić information content (AvgIpc) is 2.33. The quantitative estimate of drug-likeness (QED) is 0.608. The normalized spacial score (nSPS) is 9.19. The first-order chi connectivity index (χ1) is 7.54. The van der Waals surface area contributed by atoms with Gasteiger partial charge in [-0.2, -0.15) is 13.2 Å². The average molecular weight is 232 g/mol. The van der Waals surface area contributed by atoms with Gasteiger partial charge < -0.3 is 0 Å². The van der Waals surface area contributed by atoms with Crippen molar-refractivity contribution in [3.8, 4) is 0 Å². The lowest BCUT2D eigenvalue weighted by Gasteiger charge is -2.05. The van der Waals surface area contributed by atoms with E-state index < -0.39 is 11.7 Å². The highest BCUT2D eigenvalue weighted by atomic mass is 19.4. The first-order valence-electron chi connectivity index (χ1n) is 5.34. The van der Waals surface area contributed by atoms with Crippen LogP contribution in [0.25, 0.3) is 6.08 Å². The van der Waals surface area contributed by atoms with Gasteiger partial charge in [-0.3, -0.25) is 0 Å². The molecule has 0 spiro atoms. The molecular formula is C13H19F3. The Kier molecular flexibility index (Phi) is 9.66. The summed E-state index contributed by atoms with van der Waals surface area (Å²) in [5.74, 6) is 0. The minimum atomic E-state index is -4.25. The van der Waals surface area contributed by atoms with Crippen LogP contribution in [0.1, 0.15) is 38.8 Å². The lowest BCUT2D eigenvalue weighted by atomic mass is 10.1. The Morgan fingerprint density at radius 1 is 0.938 bits per heavy atom. The van der Waals surface area contributed by atoms with E-state index in [4.69, 9.17) is 0 Å². The van der Waals surface area contributed by atoms with E-state index in [0.717, 1.165) is 12.1 Å². The number of hydrogen-bond acceptors (Lipinski definition) is 0. The fourth-order valence-electron chi connectivity index (χ4n) is 0.808. The monoisotopic (exact) mass is 232 g/mol. The molecule has 0 aliphatic rings. The Hall–Kier alpha value is -1.25. The van der Waals surface area contributed by atoms with Crippen molar-refractivity contribution in [1.29, 1.82) is 0 Å². The number of rotatable bonds is 1. The van der Waals surface area contributed by atoms with Crippen molar-refractivity contribution in [2.24, 2.45) is 0 Å². The van der Waals surface area contributed by atoms with Gasteiger partial charge in [-0.15, -0.1) is 0 Å². The third-order valence-corrected chi connectivity index (χ3v) is 1.47. The Morgan fingerprint density at radius 2 is 1.31 bits per heavy atom. The van der Waals surface area contributed by atoms with E-state index in [9.17, 15) is 13.2 Å². The highest BCUT2D eigenvalue weighted by Gasteiger charge is 2.29. The Bertz CT molecular complexity index is 270. The summed E-state index contributed by atoms with van der Waals surface area (Å²) in [4.78, 5) is 0. The molecule has 1 rings (SSSR count). The number of benzene rings is 1. The van der Waals surface area contributed by atoms with Gasteiger partial charge in [0.25, 0.3) is 0 Å². The molecule has 0 fully saturated rings. The summed E-state index contributed by atoms with van der Waals surface area (Å²) in [5.41, 5.74) is 0.0519. The molecule has 1 aromatic carbocycles. The molecule has 0 N–H and O–H groups in total.